The minimum absolute atomic E-state index is 0.625. The van der Waals surface area contributed by atoms with Crippen LogP contribution in [0.3, 0.4) is 0 Å². The van der Waals surface area contributed by atoms with Gasteiger partial charge in [-0.1, -0.05) is 170 Å². The smallest absolute Gasteiger partial charge is 0.172 e. The molecule has 0 amide bonds. The van der Waals surface area contributed by atoms with Gasteiger partial charge in [-0.2, -0.15) is 0 Å². The highest BCUT2D eigenvalue weighted by Gasteiger charge is 2.19. The van der Waals surface area contributed by atoms with Crippen LogP contribution in [0, 0.1) is 0 Å². The van der Waals surface area contributed by atoms with Gasteiger partial charge < -0.3 is 0 Å². The number of aromatic nitrogens is 7. The zero-order valence-electron chi connectivity index (χ0n) is 29.5. The van der Waals surface area contributed by atoms with Crippen molar-refractivity contribution in [3.05, 3.63) is 188 Å². The Balaban J connectivity index is 1.01. The van der Waals surface area contributed by atoms with Crippen molar-refractivity contribution in [3.8, 4) is 79.2 Å². The van der Waals surface area contributed by atoms with E-state index in [4.69, 9.17) is 30.1 Å². The van der Waals surface area contributed by atoms with Gasteiger partial charge in [-0.15, -0.1) is 10.2 Å². The van der Waals surface area contributed by atoms with Crippen molar-refractivity contribution in [2.24, 2.45) is 0 Å². The summed E-state index contributed by atoms with van der Waals surface area (Å²) < 4.78 is 2.08. The molecule has 10 rings (SSSR count). The van der Waals surface area contributed by atoms with Crippen LogP contribution in [0.2, 0.25) is 0 Å². The van der Waals surface area contributed by atoms with E-state index in [2.05, 4.69) is 108 Å². The van der Waals surface area contributed by atoms with E-state index >= 15 is 0 Å². The quantitative estimate of drug-likeness (QED) is 0.164. The van der Waals surface area contributed by atoms with Crippen LogP contribution in [0.5, 0.6) is 0 Å². The topological polar surface area (TPSA) is 81.8 Å². The Morgan fingerprint density at radius 1 is 0.291 bits per heavy atom. The lowest BCUT2D eigenvalue weighted by Crippen LogP contribution is -2.00. The van der Waals surface area contributed by atoms with Gasteiger partial charge in [0.1, 0.15) is 5.82 Å². The molecule has 0 spiro atoms. The van der Waals surface area contributed by atoms with Crippen molar-refractivity contribution >= 4 is 16.6 Å². The molecule has 0 aliphatic heterocycles. The summed E-state index contributed by atoms with van der Waals surface area (Å²) in [6, 6.07) is 63.8. The van der Waals surface area contributed by atoms with Crippen LogP contribution in [0.1, 0.15) is 0 Å². The maximum absolute atomic E-state index is 5.18. The molecule has 0 unspecified atom stereocenters. The van der Waals surface area contributed by atoms with Gasteiger partial charge >= 0.3 is 0 Å². The number of nitrogens with zero attached hydrogens (tertiary/aromatic N) is 7. The van der Waals surface area contributed by atoms with Gasteiger partial charge in [0, 0.05) is 33.2 Å². The van der Waals surface area contributed by atoms with Crippen LogP contribution in [-0.4, -0.2) is 34.5 Å². The Morgan fingerprint density at radius 2 is 0.727 bits per heavy atom. The molecule has 0 atom stereocenters. The first-order valence-electron chi connectivity index (χ1n) is 18.1. The van der Waals surface area contributed by atoms with Gasteiger partial charge in [0.15, 0.2) is 28.9 Å². The van der Waals surface area contributed by atoms with Crippen molar-refractivity contribution in [2.75, 3.05) is 0 Å². The predicted octanol–water partition coefficient (Wildman–Crippen LogP) is 11.1. The third kappa shape index (κ3) is 6.09. The van der Waals surface area contributed by atoms with E-state index in [1.54, 1.807) is 0 Å². The summed E-state index contributed by atoms with van der Waals surface area (Å²) in [5, 5.41) is 10.4. The zero-order chi connectivity index (χ0) is 36.6. The molecule has 0 radical (unpaired) electrons. The van der Waals surface area contributed by atoms with Gasteiger partial charge in [-0.25, -0.2) is 19.9 Å². The molecule has 3 aromatic heterocycles. The van der Waals surface area contributed by atoms with E-state index in [1.165, 1.54) is 0 Å². The average Bonchev–Trinajstić information content (AvgIpc) is 3.73. The number of rotatable bonds is 7. The van der Waals surface area contributed by atoms with E-state index in [9.17, 15) is 0 Å². The molecule has 258 valence electrons. The largest absolute Gasteiger partial charge is 0.258 e. The zero-order valence-corrected chi connectivity index (χ0v) is 29.5. The molecule has 0 N–H and O–H groups in total. The Morgan fingerprint density at radius 3 is 1.33 bits per heavy atom. The van der Waals surface area contributed by atoms with Crippen LogP contribution in [0.25, 0.3) is 95.7 Å². The molecular weight excluding hydrogens is 675 g/mol. The highest BCUT2D eigenvalue weighted by atomic mass is 15.3. The Bertz CT molecular complexity index is 2890. The summed E-state index contributed by atoms with van der Waals surface area (Å²) in [5.41, 5.74) is 10.8. The lowest BCUT2D eigenvalue weighted by Gasteiger charge is -2.12. The van der Waals surface area contributed by atoms with Crippen molar-refractivity contribution < 1.29 is 0 Å². The molecule has 7 nitrogen and oxygen atoms in total. The fourth-order valence-electron chi connectivity index (χ4n) is 6.99. The molecule has 3 heterocycles. The molecule has 10 aromatic rings. The van der Waals surface area contributed by atoms with E-state index in [0.29, 0.717) is 17.5 Å². The van der Waals surface area contributed by atoms with Gasteiger partial charge in [0.05, 0.1) is 5.52 Å². The van der Waals surface area contributed by atoms with Gasteiger partial charge in [0.2, 0.25) is 0 Å². The van der Waals surface area contributed by atoms with Crippen molar-refractivity contribution in [2.45, 2.75) is 0 Å². The fourth-order valence-corrected chi connectivity index (χ4v) is 6.99. The minimum Gasteiger partial charge on any atom is -0.258 e. The summed E-state index contributed by atoms with van der Waals surface area (Å²) in [7, 11) is 0. The molecule has 7 heteroatoms. The van der Waals surface area contributed by atoms with Gasteiger partial charge in [0.25, 0.3) is 0 Å². The Labute approximate surface area is 317 Å². The number of hydrogen-bond acceptors (Lipinski definition) is 6. The fraction of sp³-hybridized carbons (Fsp3) is 0. The molecule has 0 aliphatic carbocycles. The maximum Gasteiger partial charge on any atom is 0.172 e. The summed E-state index contributed by atoms with van der Waals surface area (Å²) in [6.07, 6.45) is 0. The molecule has 0 aliphatic rings. The summed E-state index contributed by atoms with van der Waals surface area (Å²) in [5.74, 6) is 3.42. The molecule has 7 aromatic carbocycles. The van der Waals surface area contributed by atoms with Crippen molar-refractivity contribution in [1.29, 1.82) is 0 Å². The second kappa shape index (κ2) is 13.7. The lowest BCUT2D eigenvalue weighted by atomic mass is 10.0. The molecule has 0 bridgehead atoms. The van der Waals surface area contributed by atoms with Crippen molar-refractivity contribution in [1.82, 2.24) is 34.5 Å². The Kier molecular flexibility index (Phi) is 8.00. The standard InChI is InChI=1S/C48H31N7/c1-4-13-32(14-5-1)39-19-12-20-40(31-39)46-49-42-22-11-10-21-41(42)48-54-53-47(55(46)48)38-29-25-34(26-30-38)33-23-27-37(28-24-33)45-51-43(35-15-6-2-7-16-35)50-44(52-45)36-17-8-3-9-18-36/h1-31H. The number of para-hydroxylation sites is 1. The highest BCUT2D eigenvalue weighted by molar-refractivity contribution is 5.94. The first-order chi connectivity index (χ1) is 27.2. The third-order valence-corrected chi connectivity index (χ3v) is 9.79. The second-order valence-electron chi connectivity index (χ2n) is 13.3. The second-order valence-corrected chi connectivity index (χ2v) is 13.3. The van der Waals surface area contributed by atoms with Crippen LogP contribution in [0.15, 0.2) is 188 Å². The van der Waals surface area contributed by atoms with Crippen LogP contribution < -0.4 is 0 Å². The SMILES string of the molecule is c1ccc(-c2cccc(-c3nc4ccccc4c4nnc(-c5ccc(-c6ccc(-c7nc(-c8ccccc8)nc(-c8ccccc8)n7)cc6)cc5)n34)c2)cc1. The van der Waals surface area contributed by atoms with Crippen LogP contribution >= 0.6 is 0 Å². The van der Waals surface area contributed by atoms with Gasteiger partial charge in [-0.05, 0) is 40.5 Å². The summed E-state index contributed by atoms with van der Waals surface area (Å²) in [6.45, 7) is 0. The number of benzene rings is 7. The summed E-state index contributed by atoms with van der Waals surface area (Å²) in [4.78, 5) is 19.8. The predicted molar refractivity (Wildman–Crippen MR) is 220 cm³/mol. The Hall–Kier alpha value is -7.64. The van der Waals surface area contributed by atoms with E-state index in [0.717, 1.165) is 78.3 Å². The molecule has 0 saturated carbocycles. The average molecular weight is 706 g/mol. The van der Waals surface area contributed by atoms with Crippen LogP contribution in [0.4, 0.5) is 0 Å². The lowest BCUT2D eigenvalue weighted by molar-refractivity contribution is 1.07. The molecule has 0 fully saturated rings. The molecular formula is C48H31N7. The van der Waals surface area contributed by atoms with Gasteiger partial charge in [-0.3, -0.25) is 4.40 Å². The third-order valence-electron chi connectivity index (χ3n) is 9.79. The van der Waals surface area contributed by atoms with E-state index < -0.39 is 0 Å². The van der Waals surface area contributed by atoms with E-state index in [1.807, 2.05) is 84.9 Å². The first kappa shape index (κ1) is 32.0. The molecule has 55 heavy (non-hydrogen) atoms. The monoisotopic (exact) mass is 705 g/mol. The minimum atomic E-state index is 0.625. The summed E-state index contributed by atoms with van der Waals surface area (Å²) >= 11 is 0. The van der Waals surface area contributed by atoms with Crippen LogP contribution in [-0.2, 0) is 0 Å². The normalized spacial score (nSPS) is 11.3. The van der Waals surface area contributed by atoms with E-state index in [-0.39, 0.29) is 0 Å². The first-order valence-corrected chi connectivity index (χ1v) is 18.1. The number of hydrogen-bond donors (Lipinski definition) is 0. The van der Waals surface area contributed by atoms with Crippen molar-refractivity contribution in [3.63, 3.8) is 0 Å². The number of fused-ring (bicyclic) bond motifs is 3. The maximum atomic E-state index is 5.18. The molecule has 0 saturated heterocycles. The highest BCUT2D eigenvalue weighted by Crippen LogP contribution is 2.33.